The van der Waals surface area contributed by atoms with E-state index in [4.69, 9.17) is 10.00 Å². The number of nitrogens with zero attached hydrogens (tertiary/aromatic N) is 6. The molecule has 146 valence electrons. The van der Waals surface area contributed by atoms with Crippen molar-refractivity contribution in [3.63, 3.8) is 0 Å². The van der Waals surface area contributed by atoms with Crippen LogP contribution in [0.1, 0.15) is 11.1 Å². The third kappa shape index (κ3) is 3.72. The van der Waals surface area contributed by atoms with Crippen molar-refractivity contribution in [2.45, 2.75) is 12.6 Å². The van der Waals surface area contributed by atoms with E-state index in [0.717, 1.165) is 42.9 Å². The zero-order valence-electron chi connectivity index (χ0n) is 15.7. The predicted molar refractivity (Wildman–Crippen MR) is 110 cm³/mol. The molecular formula is C20H19N7OS. The molecule has 3 aromatic heterocycles. The number of piperazine rings is 1. The molecule has 3 aromatic rings. The minimum atomic E-state index is 0.256. The van der Waals surface area contributed by atoms with E-state index in [2.05, 4.69) is 48.3 Å². The first-order chi connectivity index (χ1) is 14.3. The second kappa shape index (κ2) is 7.66. The number of pyridine rings is 2. The number of thiazole rings is 1. The van der Waals surface area contributed by atoms with Crippen LogP contribution in [0, 0.1) is 11.3 Å². The quantitative estimate of drug-likeness (QED) is 0.708. The number of rotatable bonds is 4. The number of anilines is 3. The molecule has 8 nitrogen and oxygen atoms in total. The van der Waals surface area contributed by atoms with E-state index < -0.39 is 0 Å². The van der Waals surface area contributed by atoms with Gasteiger partial charge in [0.25, 0.3) is 0 Å². The molecule has 1 atom stereocenters. The second-order valence-electron chi connectivity index (χ2n) is 7.06. The monoisotopic (exact) mass is 405 g/mol. The molecule has 9 heteroatoms. The minimum Gasteiger partial charge on any atom is -0.487 e. The van der Waals surface area contributed by atoms with Crippen molar-refractivity contribution >= 4 is 28.1 Å². The minimum absolute atomic E-state index is 0.256. The maximum Gasteiger partial charge on any atom is 0.188 e. The molecule has 0 aliphatic carbocycles. The zero-order chi connectivity index (χ0) is 19.6. The summed E-state index contributed by atoms with van der Waals surface area (Å²) in [6.45, 7) is 4.18. The summed E-state index contributed by atoms with van der Waals surface area (Å²) in [7, 11) is 0. The van der Waals surface area contributed by atoms with E-state index in [0.29, 0.717) is 17.9 Å². The fourth-order valence-electron chi connectivity index (χ4n) is 3.79. The average Bonchev–Trinajstić information content (AvgIpc) is 3.26. The molecule has 0 saturated carbocycles. The summed E-state index contributed by atoms with van der Waals surface area (Å²) >= 11 is 1.55. The Balaban J connectivity index is 1.26. The number of hydrogen-bond donors (Lipinski definition) is 1. The van der Waals surface area contributed by atoms with Gasteiger partial charge in [0.1, 0.15) is 18.5 Å². The van der Waals surface area contributed by atoms with E-state index in [1.807, 2.05) is 11.6 Å². The van der Waals surface area contributed by atoms with Gasteiger partial charge in [-0.2, -0.15) is 5.26 Å². The van der Waals surface area contributed by atoms with Crippen LogP contribution in [-0.2, 0) is 6.54 Å². The van der Waals surface area contributed by atoms with Gasteiger partial charge < -0.3 is 15.0 Å². The summed E-state index contributed by atoms with van der Waals surface area (Å²) in [5, 5.41) is 15.1. The zero-order valence-corrected chi connectivity index (χ0v) is 16.5. The lowest BCUT2D eigenvalue weighted by molar-refractivity contribution is 0.160. The van der Waals surface area contributed by atoms with E-state index in [1.165, 1.54) is 5.56 Å². The fourth-order valence-corrected chi connectivity index (χ4v) is 4.32. The molecule has 2 aliphatic rings. The molecule has 2 aliphatic heterocycles. The van der Waals surface area contributed by atoms with Gasteiger partial charge >= 0.3 is 0 Å². The van der Waals surface area contributed by atoms with Gasteiger partial charge in [0, 0.05) is 56.2 Å². The van der Waals surface area contributed by atoms with E-state index >= 15 is 0 Å². The highest BCUT2D eigenvalue weighted by Gasteiger charge is 2.33. The Bertz CT molecular complexity index is 1050. The van der Waals surface area contributed by atoms with E-state index in [9.17, 15) is 0 Å². The lowest BCUT2D eigenvalue weighted by atomic mass is 10.1. The van der Waals surface area contributed by atoms with Gasteiger partial charge in [0.05, 0.1) is 11.6 Å². The van der Waals surface area contributed by atoms with Crippen molar-refractivity contribution in [2.75, 3.05) is 36.5 Å². The van der Waals surface area contributed by atoms with Crippen LogP contribution < -0.4 is 15.0 Å². The molecule has 0 amide bonds. The maximum absolute atomic E-state index is 9.06. The number of hydrogen-bond acceptors (Lipinski definition) is 9. The summed E-state index contributed by atoms with van der Waals surface area (Å²) in [6.07, 6.45) is 5.22. The maximum atomic E-state index is 9.06. The molecule has 0 bridgehead atoms. The smallest absolute Gasteiger partial charge is 0.188 e. The van der Waals surface area contributed by atoms with Crippen LogP contribution in [0.25, 0.3) is 0 Å². The van der Waals surface area contributed by atoms with Crippen molar-refractivity contribution in [1.29, 1.82) is 5.26 Å². The van der Waals surface area contributed by atoms with Crippen LogP contribution in [0.15, 0.2) is 42.2 Å². The highest BCUT2D eigenvalue weighted by molar-refractivity contribution is 7.13. The summed E-state index contributed by atoms with van der Waals surface area (Å²) < 4.78 is 5.90. The lowest BCUT2D eigenvalue weighted by Gasteiger charge is -2.44. The molecular weight excluding hydrogens is 386 g/mol. The van der Waals surface area contributed by atoms with Gasteiger partial charge in [0.2, 0.25) is 0 Å². The highest BCUT2D eigenvalue weighted by atomic mass is 32.1. The van der Waals surface area contributed by atoms with Crippen LogP contribution in [-0.4, -0.2) is 52.1 Å². The molecule has 0 radical (unpaired) electrons. The Morgan fingerprint density at radius 3 is 3.07 bits per heavy atom. The molecule has 5 heterocycles. The van der Waals surface area contributed by atoms with Gasteiger partial charge in [-0.05, 0) is 17.7 Å². The van der Waals surface area contributed by atoms with Gasteiger partial charge in [0.15, 0.2) is 16.7 Å². The van der Waals surface area contributed by atoms with Crippen LogP contribution in [0.2, 0.25) is 0 Å². The Kier molecular flexibility index (Phi) is 4.71. The SMILES string of the molecule is N#Cc1cnc2c(c1)OCC1CN(Cc3ccnc(Nc4nccs4)c3)CCN21. The van der Waals surface area contributed by atoms with Crippen molar-refractivity contribution in [3.8, 4) is 11.8 Å². The fraction of sp³-hybridized carbons (Fsp3) is 0.300. The van der Waals surface area contributed by atoms with Gasteiger partial charge in [-0.25, -0.2) is 15.0 Å². The third-order valence-corrected chi connectivity index (χ3v) is 5.82. The summed E-state index contributed by atoms with van der Waals surface area (Å²) in [5.74, 6) is 2.36. The number of nitriles is 1. The standard InChI is InChI=1S/C20H19N7OS/c21-9-15-7-17-19(24-10-15)27-5-4-26(12-16(27)13-28-17)11-14-1-2-22-18(8-14)25-20-23-3-6-29-20/h1-3,6-8,10,16H,4-5,11-13H2,(H,22,23,25). The Morgan fingerprint density at radius 2 is 2.21 bits per heavy atom. The summed E-state index contributed by atoms with van der Waals surface area (Å²) in [5.41, 5.74) is 1.74. The number of nitrogens with one attached hydrogen (secondary N) is 1. The molecule has 1 unspecified atom stereocenters. The first-order valence-corrected chi connectivity index (χ1v) is 10.3. The van der Waals surface area contributed by atoms with Crippen molar-refractivity contribution < 1.29 is 4.74 Å². The van der Waals surface area contributed by atoms with Crippen LogP contribution in [0.4, 0.5) is 16.8 Å². The highest BCUT2D eigenvalue weighted by Crippen LogP contribution is 2.34. The van der Waals surface area contributed by atoms with Gasteiger partial charge in [-0.1, -0.05) is 0 Å². The molecule has 1 fully saturated rings. The summed E-state index contributed by atoms with van der Waals surface area (Å²) in [6, 6.07) is 8.28. The first-order valence-electron chi connectivity index (χ1n) is 9.42. The van der Waals surface area contributed by atoms with E-state index in [-0.39, 0.29) is 6.04 Å². The normalized spacial score (nSPS) is 18.3. The van der Waals surface area contributed by atoms with Gasteiger partial charge in [-0.15, -0.1) is 11.3 Å². The Hall–Kier alpha value is -3.22. The van der Waals surface area contributed by atoms with Crippen LogP contribution in [0.3, 0.4) is 0 Å². The molecule has 29 heavy (non-hydrogen) atoms. The van der Waals surface area contributed by atoms with Crippen LogP contribution in [0.5, 0.6) is 5.75 Å². The van der Waals surface area contributed by atoms with Crippen molar-refractivity contribution in [1.82, 2.24) is 19.9 Å². The van der Waals surface area contributed by atoms with Crippen molar-refractivity contribution in [3.05, 3.63) is 53.3 Å². The topological polar surface area (TPSA) is 90.2 Å². The molecule has 1 saturated heterocycles. The molecule has 5 rings (SSSR count). The first kappa shape index (κ1) is 17.8. The van der Waals surface area contributed by atoms with Crippen LogP contribution >= 0.6 is 11.3 Å². The number of fused-ring (bicyclic) bond motifs is 3. The third-order valence-electron chi connectivity index (χ3n) is 5.13. The Morgan fingerprint density at radius 1 is 1.24 bits per heavy atom. The molecule has 0 spiro atoms. The largest absolute Gasteiger partial charge is 0.487 e. The predicted octanol–water partition coefficient (Wildman–Crippen LogP) is 2.63. The van der Waals surface area contributed by atoms with Crippen molar-refractivity contribution in [2.24, 2.45) is 0 Å². The number of ether oxygens (including phenoxy) is 1. The van der Waals surface area contributed by atoms with E-state index in [1.54, 1.807) is 29.8 Å². The number of aromatic nitrogens is 3. The second-order valence-corrected chi connectivity index (χ2v) is 7.96. The Labute approximate surface area is 172 Å². The lowest BCUT2D eigenvalue weighted by Crippen LogP contribution is -2.57. The molecule has 0 aromatic carbocycles. The average molecular weight is 405 g/mol. The summed E-state index contributed by atoms with van der Waals surface area (Å²) in [4.78, 5) is 17.8. The molecule has 1 N–H and O–H groups in total. The van der Waals surface area contributed by atoms with Gasteiger partial charge in [-0.3, -0.25) is 4.90 Å².